The molecule has 3 nitrogen and oxygen atoms in total. The van der Waals surface area contributed by atoms with Crippen LogP contribution in [0.3, 0.4) is 0 Å². The number of nitriles is 1. The predicted molar refractivity (Wildman–Crippen MR) is 138 cm³/mol. The molecule has 3 aromatic rings. The fraction of sp³-hybridized carbons (Fsp3) is 0.300. The van der Waals surface area contributed by atoms with Crippen LogP contribution in [0.1, 0.15) is 97.2 Å². The molecule has 0 atom stereocenters. The Balaban J connectivity index is 0.000000245. The summed E-state index contributed by atoms with van der Waals surface area (Å²) >= 11 is 0. The second-order valence-electron chi connectivity index (χ2n) is 8.52. The third-order valence-corrected chi connectivity index (χ3v) is 5.50. The van der Waals surface area contributed by atoms with Crippen LogP contribution in [0, 0.1) is 11.3 Å². The van der Waals surface area contributed by atoms with Crippen molar-refractivity contribution in [1.29, 1.82) is 5.26 Å². The lowest BCUT2D eigenvalue weighted by Crippen LogP contribution is -2.01. The van der Waals surface area contributed by atoms with Gasteiger partial charge in [-0.2, -0.15) is 5.26 Å². The van der Waals surface area contributed by atoms with Gasteiger partial charge in [-0.15, -0.1) is 0 Å². The maximum Gasteiger partial charge on any atom is 0.161 e. The van der Waals surface area contributed by atoms with E-state index >= 15 is 0 Å². The van der Waals surface area contributed by atoms with Crippen LogP contribution in [0.5, 0.6) is 0 Å². The Morgan fingerprint density at radius 3 is 2.33 bits per heavy atom. The van der Waals surface area contributed by atoms with Crippen LogP contribution in [0.25, 0.3) is 16.8 Å². The van der Waals surface area contributed by atoms with Gasteiger partial charge in [0.1, 0.15) is 0 Å². The molecule has 0 aliphatic carbocycles. The highest BCUT2D eigenvalue weighted by Crippen LogP contribution is 2.27. The lowest BCUT2D eigenvalue weighted by atomic mass is 9.93. The quantitative estimate of drug-likeness (QED) is 0.276. The number of nitrogens with zero attached hydrogens (tertiary/aromatic N) is 1. The summed E-state index contributed by atoms with van der Waals surface area (Å²) in [6.07, 6.45) is 8.30. The number of allylic oxidation sites excluding steroid dienone is 1. The van der Waals surface area contributed by atoms with Gasteiger partial charge in [-0.05, 0) is 66.3 Å². The molecule has 0 bridgehead atoms. The van der Waals surface area contributed by atoms with Crippen molar-refractivity contribution in [3.63, 3.8) is 0 Å². The first-order valence-electron chi connectivity index (χ1n) is 11.5. The zero-order valence-electron chi connectivity index (χ0n) is 20.3. The number of Topliss-reactive ketones (excluding diaryl/α,β-unsaturated/α-hetero) is 2. The van der Waals surface area contributed by atoms with Crippen molar-refractivity contribution in [2.45, 2.75) is 59.8 Å². The van der Waals surface area contributed by atoms with E-state index in [1.807, 2.05) is 6.07 Å². The van der Waals surface area contributed by atoms with Crippen LogP contribution in [-0.4, -0.2) is 11.6 Å². The molecule has 0 aliphatic rings. The number of benzene rings is 3. The average molecular weight is 440 g/mol. The van der Waals surface area contributed by atoms with Crippen molar-refractivity contribution in [3.05, 3.63) is 88.5 Å². The molecule has 33 heavy (non-hydrogen) atoms. The van der Waals surface area contributed by atoms with E-state index < -0.39 is 0 Å². The van der Waals surface area contributed by atoms with Gasteiger partial charge in [-0.3, -0.25) is 9.59 Å². The highest BCUT2D eigenvalue weighted by atomic mass is 16.1. The van der Waals surface area contributed by atoms with E-state index in [1.54, 1.807) is 6.07 Å². The predicted octanol–water partition coefficient (Wildman–Crippen LogP) is 8.13. The van der Waals surface area contributed by atoms with Crippen molar-refractivity contribution in [2.24, 2.45) is 0 Å². The molecule has 0 saturated heterocycles. The summed E-state index contributed by atoms with van der Waals surface area (Å²) in [6, 6.07) is 19.7. The van der Waals surface area contributed by atoms with Crippen LogP contribution in [-0.2, 0) is 0 Å². The molecule has 0 saturated carbocycles. The number of fused-ring (bicyclic) bond motifs is 1. The third kappa shape index (κ3) is 7.26. The molecule has 3 rings (SSSR count). The molecule has 0 N–H and O–H groups in total. The number of rotatable bonds is 7. The fourth-order valence-corrected chi connectivity index (χ4v) is 3.63. The minimum atomic E-state index is -0.204. The van der Waals surface area contributed by atoms with Crippen molar-refractivity contribution < 1.29 is 9.59 Å². The molecule has 0 aliphatic heterocycles. The molecule has 0 fully saturated rings. The second-order valence-corrected chi connectivity index (χ2v) is 8.52. The fourth-order valence-electron chi connectivity index (χ4n) is 3.63. The standard InChI is InChI=1S/C19H24.C11H9NO2/c1-4-5-6-7-10-16-13-17-11-8-9-12-18(17)19(14-16)15(2)3;1-7(13)9-3-4-10(6-12)11(5-9)8(2)14/h7-15H,4-6H2,1-3H3;3-5H,1-2H3/b10-7-;. The molecule has 0 amide bonds. The molecule has 0 radical (unpaired) electrons. The van der Waals surface area contributed by atoms with E-state index in [1.165, 1.54) is 67.1 Å². The van der Waals surface area contributed by atoms with Gasteiger partial charge in [-0.25, -0.2) is 0 Å². The van der Waals surface area contributed by atoms with Crippen LogP contribution >= 0.6 is 0 Å². The van der Waals surface area contributed by atoms with Crippen molar-refractivity contribution in [1.82, 2.24) is 0 Å². The number of unbranched alkanes of at least 4 members (excludes halogenated alkanes) is 2. The Morgan fingerprint density at radius 2 is 1.73 bits per heavy atom. The minimum Gasteiger partial charge on any atom is -0.295 e. The molecular formula is C30H33NO2. The zero-order valence-corrected chi connectivity index (χ0v) is 20.3. The van der Waals surface area contributed by atoms with Crippen LogP contribution in [0.2, 0.25) is 0 Å². The van der Waals surface area contributed by atoms with E-state index in [9.17, 15) is 9.59 Å². The van der Waals surface area contributed by atoms with Gasteiger partial charge in [0.2, 0.25) is 0 Å². The van der Waals surface area contributed by atoms with E-state index in [2.05, 4.69) is 69.3 Å². The van der Waals surface area contributed by atoms with Crippen molar-refractivity contribution in [3.8, 4) is 6.07 Å². The Kier molecular flexibility index (Phi) is 9.76. The van der Waals surface area contributed by atoms with E-state index in [0.29, 0.717) is 22.6 Å². The lowest BCUT2D eigenvalue weighted by Gasteiger charge is -2.11. The summed E-state index contributed by atoms with van der Waals surface area (Å²) in [4.78, 5) is 22.2. The van der Waals surface area contributed by atoms with Gasteiger partial charge in [0.15, 0.2) is 11.6 Å². The molecular weight excluding hydrogens is 406 g/mol. The summed E-state index contributed by atoms with van der Waals surface area (Å²) in [5.74, 6) is 0.246. The van der Waals surface area contributed by atoms with E-state index in [4.69, 9.17) is 5.26 Å². The normalized spacial score (nSPS) is 10.7. The average Bonchev–Trinajstić information content (AvgIpc) is 2.81. The first kappa shape index (κ1) is 25.7. The van der Waals surface area contributed by atoms with Gasteiger partial charge in [0.05, 0.1) is 11.6 Å². The summed E-state index contributed by atoms with van der Waals surface area (Å²) in [5.41, 5.74) is 3.85. The maximum absolute atomic E-state index is 11.1. The van der Waals surface area contributed by atoms with Crippen LogP contribution in [0.4, 0.5) is 0 Å². The van der Waals surface area contributed by atoms with Gasteiger partial charge in [-0.1, -0.05) is 82.2 Å². The maximum atomic E-state index is 11.1. The SMILES string of the molecule is CC(=O)c1ccc(C#N)c(C(C)=O)c1.CCCC/C=C\c1cc(C(C)C)c2ccccc2c1. The smallest absolute Gasteiger partial charge is 0.161 e. The van der Waals surface area contributed by atoms with Gasteiger partial charge in [0.25, 0.3) is 0 Å². The summed E-state index contributed by atoms with van der Waals surface area (Å²) in [7, 11) is 0. The van der Waals surface area contributed by atoms with Crippen molar-refractivity contribution in [2.75, 3.05) is 0 Å². The molecule has 3 aromatic carbocycles. The number of hydrogen-bond acceptors (Lipinski definition) is 3. The number of carbonyl (C=O) groups is 2. The van der Waals surface area contributed by atoms with Crippen LogP contribution < -0.4 is 0 Å². The Morgan fingerprint density at radius 1 is 1.00 bits per heavy atom. The highest BCUT2D eigenvalue weighted by molar-refractivity contribution is 6.01. The molecule has 170 valence electrons. The minimum absolute atomic E-state index is 0.114. The third-order valence-electron chi connectivity index (χ3n) is 5.50. The van der Waals surface area contributed by atoms with E-state index in [0.717, 1.165) is 0 Å². The molecule has 3 heteroatoms. The van der Waals surface area contributed by atoms with Gasteiger partial charge < -0.3 is 0 Å². The lowest BCUT2D eigenvalue weighted by molar-refractivity contribution is 0.101. The number of carbonyl (C=O) groups excluding carboxylic acids is 2. The zero-order chi connectivity index (χ0) is 24.4. The van der Waals surface area contributed by atoms with Crippen LogP contribution in [0.15, 0.2) is 60.7 Å². The Hall–Kier alpha value is -3.51. The number of ketones is 2. The monoisotopic (exact) mass is 439 g/mol. The Labute approximate surface area is 197 Å². The first-order valence-corrected chi connectivity index (χ1v) is 11.5. The topological polar surface area (TPSA) is 57.9 Å². The molecule has 0 unspecified atom stereocenters. The molecule has 0 aromatic heterocycles. The highest BCUT2D eigenvalue weighted by Gasteiger charge is 2.09. The second kappa shape index (κ2) is 12.5. The summed E-state index contributed by atoms with van der Waals surface area (Å²) < 4.78 is 0. The molecule has 0 spiro atoms. The number of hydrogen-bond donors (Lipinski definition) is 0. The largest absolute Gasteiger partial charge is 0.295 e. The first-order chi connectivity index (χ1) is 15.8. The molecule has 0 heterocycles. The summed E-state index contributed by atoms with van der Waals surface area (Å²) in [6.45, 7) is 9.57. The van der Waals surface area contributed by atoms with Gasteiger partial charge in [0, 0.05) is 11.1 Å². The van der Waals surface area contributed by atoms with Gasteiger partial charge >= 0.3 is 0 Å². The van der Waals surface area contributed by atoms with E-state index in [-0.39, 0.29) is 11.6 Å². The summed E-state index contributed by atoms with van der Waals surface area (Å²) in [5, 5.41) is 11.5. The van der Waals surface area contributed by atoms with Crippen molar-refractivity contribution >= 4 is 28.4 Å². The Bertz CT molecular complexity index is 1200.